The molecule has 0 saturated heterocycles. The minimum Gasteiger partial charge on any atom is -0.457 e. The van der Waals surface area contributed by atoms with Crippen molar-refractivity contribution in [3.05, 3.63) is 71.9 Å². The van der Waals surface area contributed by atoms with Crippen LogP contribution in [0.4, 0.5) is 0 Å². The van der Waals surface area contributed by atoms with Crippen molar-refractivity contribution >= 4 is 0 Å². The molecule has 2 aromatic carbocycles. The van der Waals surface area contributed by atoms with Gasteiger partial charge < -0.3 is 30.8 Å². The Balaban J connectivity index is 1.64. The van der Waals surface area contributed by atoms with Crippen LogP contribution in [-0.4, -0.2) is 39.1 Å². The molecule has 28 heavy (non-hydrogen) atoms. The van der Waals surface area contributed by atoms with Gasteiger partial charge in [0.15, 0.2) is 0 Å². The van der Waals surface area contributed by atoms with Crippen molar-refractivity contribution in [3.8, 4) is 22.8 Å². The van der Waals surface area contributed by atoms with Gasteiger partial charge in [0.1, 0.15) is 11.5 Å². The van der Waals surface area contributed by atoms with E-state index in [9.17, 15) is 15.3 Å². The van der Waals surface area contributed by atoms with Crippen LogP contribution in [0.1, 0.15) is 23.8 Å². The summed E-state index contributed by atoms with van der Waals surface area (Å²) in [6.07, 6.45) is -0.832. The SMILES string of the molecule is Cc1ccc(-c2ccc(Oc3ccc(C(O)CC(N)(CO)CO)cc3)cc2)[nH]1. The molecule has 0 spiro atoms. The molecule has 6 heteroatoms. The zero-order chi connectivity index (χ0) is 20.1. The van der Waals surface area contributed by atoms with Crippen molar-refractivity contribution in [2.75, 3.05) is 13.2 Å². The first-order valence-electron chi connectivity index (χ1n) is 9.15. The number of H-pyrrole nitrogens is 1. The molecule has 0 radical (unpaired) electrons. The molecule has 0 fully saturated rings. The standard InChI is InChI=1S/C22H26N2O4/c1-15-2-11-20(24-15)16-3-7-18(8-4-16)28-19-9-5-17(6-10-19)21(27)12-22(23,13-25)14-26/h2-11,21,24-27H,12-14,23H2,1H3. The van der Waals surface area contributed by atoms with Gasteiger partial charge in [-0.15, -0.1) is 0 Å². The highest BCUT2D eigenvalue weighted by Gasteiger charge is 2.27. The number of benzene rings is 2. The zero-order valence-electron chi connectivity index (χ0n) is 15.8. The van der Waals surface area contributed by atoms with E-state index >= 15 is 0 Å². The Morgan fingerprint density at radius 2 is 1.50 bits per heavy atom. The highest BCUT2D eigenvalue weighted by atomic mass is 16.5. The van der Waals surface area contributed by atoms with Crippen LogP contribution >= 0.6 is 0 Å². The lowest BCUT2D eigenvalue weighted by atomic mass is 9.92. The minimum atomic E-state index is -1.21. The third-order valence-electron chi connectivity index (χ3n) is 4.73. The third-order valence-corrected chi connectivity index (χ3v) is 4.73. The number of hydrogen-bond donors (Lipinski definition) is 5. The summed E-state index contributed by atoms with van der Waals surface area (Å²) in [5.41, 5.74) is 8.51. The van der Waals surface area contributed by atoms with Crippen molar-refractivity contribution in [2.45, 2.75) is 25.0 Å². The van der Waals surface area contributed by atoms with E-state index in [0.717, 1.165) is 17.0 Å². The van der Waals surface area contributed by atoms with E-state index in [2.05, 4.69) is 4.98 Å². The first kappa shape index (κ1) is 20.1. The number of nitrogens with one attached hydrogen (secondary N) is 1. The molecule has 0 aliphatic carbocycles. The topological polar surface area (TPSA) is 112 Å². The molecule has 1 atom stereocenters. The molecular weight excluding hydrogens is 356 g/mol. The fourth-order valence-corrected chi connectivity index (χ4v) is 2.95. The van der Waals surface area contributed by atoms with Crippen molar-refractivity contribution in [3.63, 3.8) is 0 Å². The largest absolute Gasteiger partial charge is 0.457 e. The van der Waals surface area contributed by atoms with E-state index in [-0.39, 0.29) is 6.42 Å². The van der Waals surface area contributed by atoms with Crippen molar-refractivity contribution < 1.29 is 20.1 Å². The van der Waals surface area contributed by atoms with Gasteiger partial charge in [0.25, 0.3) is 0 Å². The number of ether oxygens (including phenoxy) is 1. The molecule has 0 aliphatic heterocycles. The lowest BCUT2D eigenvalue weighted by Gasteiger charge is -2.27. The molecule has 0 amide bonds. The molecule has 0 aliphatic rings. The molecule has 6 N–H and O–H groups in total. The number of nitrogens with two attached hydrogens (primary N) is 1. The number of aromatic amines is 1. The van der Waals surface area contributed by atoms with Gasteiger partial charge >= 0.3 is 0 Å². The monoisotopic (exact) mass is 382 g/mol. The number of aryl methyl sites for hydroxylation is 1. The smallest absolute Gasteiger partial charge is 0.127 e. The maximum absolute atomic E-state index is 10.3. The fourth-order valence-electron chi connectivity index (χ4n) is 2.95. The summed E-state index contributed by atoms with van der Waals surface area (Å²) in [7, 11) is 0. The second-order valence-electron chi connectivity index (χ2n) is 7.15. The van der Waals surface area contributed by atoms with Crippen LogP contribution in [0.15, 0.2) is 60.7 Å². The summed E-state index contributed by atoms with van der Waals surface area (Å²) in [5.74, 6) is 1.35. The van der Waals surface area contributed by atoms with Crippen LogP contribution in [0, 0.1) is 6.92 Å². The molecule has 1 unspecified atom stereocenters. The molecule has 148 valence electrons. The lowest BCUT2D eigenvalue weighted by molar-refractivity contribution is 0.0618. The van der Waals surface area contributed by atoms with Gasteiger partial charge in [0.2, 0.25) is 0 Å². The van der Waals surface area contributed by atoms with Gasteiger partial charge in [-0.25, -0.2) is 0 Å². The van der Waals surface area contributed by atoms with Gasteiger partial charge in [0, 0.05) is 11.4 Å². The summed E-state index contributed by atoms with van der Waals surface area (Å²) >= 11 is 0. The van der Waals surface area contributed by atoms with Crippen LogP contribution < -0.4 is 10.5 Å². The summed E-state index contributed by atoms with van der Waals surface area (Å²) in [6, 6.07) is 18.9. The van der Waals surface area contributed by atoms with Crippen LogP contribution in [0.2, 0.25) is 0 Å². The predicted octanol–water partition coefficient (Wildman–Crippen LogP) is 2.89. The van der Waals surface area contributed by atoms with Gasteiger partial charge in [-0.1, -0.05) is 12.1 Å². The minimum absolute atomic E-state index is 0.0554. The summed E-state index contributed by atoms with van der Waals surface area (Å²) in [5, 5.41) is 28.8. The maximum Gasteiger partial charge on any atom is 0.127 e. The summed E-state index contributed by atoms with van der Waals surface area (Å²) in [4.78, 5) is 3.30. The molecule has 0 bridgehead atoms. The van der Waals surface area contributed by atoms with E-state index in [4.69, 9.17) is 10.5 Å². The zero-order valence-corrected chi connectivity index (χ0v) is 15.8. The van der Waals surface area contributed by atoms with Gasteiger partial charge in [-0.2, -0.15) is 0 Å². The fraction of sp³-hybridized carbons (Fsp3) is 0.273. The third kappa shape index (κ3) is 4.79. The molecule has 6 nitrogen and oxygen atoms in total. The summed E-state index contributed by atoms with van der Waals surface area (Å²) in [6.45, 7) is 1.21. The number of aliphatic hydroxyl groups is 3. The molecule has 3 aromatic rings. The number of aromatic nitrogens is 1. The Kier molecular flexibility index (Phi) is 6.16. The average molecular weight is 382 g/mol. The number of aliphatic hydroxyl groups excluding tert-OH is 3. The van der Waals surface area contributed by atoms with E-state index in [1.165, 1.54) is 0 Å². The Morgan fingerprint density at radius 1 is 0.929 bits per heavy atom. The van der Waals surface area contributed by atoms with E-state index < -0.39 is 24.9 Å². The van der Waals surface area contributed by atoms with Gasteiger partial charge in [-0.3, -0.25) is 0 Å². The van der Waals surface area contributed by atoms with E-state index in [0.29, 0.717) is 17.1 Å². The molecule has 1 heterocycles. The Hall–Kier alpha value is -2.64. The second kappa shape index (κ2) is 8.58. The van der Waals surface area contributed by atoms with Crippen LogP contribution in [-0.2, 0) is 0 Å². The quantitative estimate of drug-likeness (QED) is 0.411. The Bertz CT molecular complexity index is 884. The molecule has 3 rings (SSSR count). The Labute approximate surface area is 164 Å². The van der Waals surface area contributed by atoms with E-state index in [1.54, 1.807) is 24.3 Å². The number of hydrogen-bond acceptors (Lipinski definition) is 5. The van der Waals surface area contributed by atoms with Crippen LogP contribution in [0.5, 0.6) is 11.5 Å². The first-order valence-corrected chi connectivity index (χ1v) is 9.15. The average Bonchev–Trinajstić information content (AvgIpc) is 3.15. The Morgan fingerprint density at radius 3 is 2.00 bits per heavy atom. The van der Waals surface area contributed by atoms with Crippen molar-refractivity contribution in [1.29, 1.82) is 0 Å². The first-order chi connectivity index (χ1) is 13.4. The van der Waals surface area contributed by atoms with Crippen LogP contribution in [0.25, 0.3) is 11.3 Å². The van der Waals surface area contributed by atoms with E-state index in [1.807, 2.05) is 43.3 Å². The molecule has 0 saturated carbocycles. The van der Waals surface area contributed by atoms with Gasteiger partial charge in [-0.05, 0) is 73.0 Å². The van der Waals surface area contributed by atoms with Crippen molar-refractivity contribution in [1.82, 2.24) is 4.98 Å². The van der Waals surface area contributed by atoms with Gasteiger partial charge in [0.05, 0.1) is 24.9 Å². The molecular formula is C22H26N2O4. The lowest BCUT2D eigenvalue weighted by Crippen LogP contribution is -2.48. The highest BCUT2D eigenvalue weighted by Crippen LogP contribution is 2.28. The highest BCUT2D eigenvalue weighted by molar-refractivity contribution is 5.61. The predicted molar refractivity (Wildman–Crippen MR) is 108 cm³/mol. The molecule has 1 aromatic heterocycles. The second-order valence-corrected chi connectivity index (χ2v) is 7.15. The maximum atomic E-state index is 10.3. The normalized spacial score (nSPS) is 12.8. The van der Waals surface area contributed by atoms with Crippen molar-refractivity contribution in [2.24, 2.45) is 5.73 Å². The summed E-state index contributed by atoms with van der Waals surface area (Å²) < 4.78 is 5.86. The number of rotatable bonds is 8. The van der Waals surface area contributed by atoms with Crippen LogP contribution in [0.3, 0.4) is 0 Å².